The summed E-state index contributed by atoms with van der Waals surface area (Å²) in [4.78, 5) is 49.5. The van der Waals surface area contributed by atoms with Crippen LogP contribution in [0.1, 0.15) is 12.5 Å². The van der Waals surface area contributed by atoms with Crippen molar-refractivity contribution >= 4 is 59.9 Å². The highest BCUT2D eigenvalue weighted by Gasteiger charge is 2.53. The van der Waals surface area contributed by atoms with E-state index in [0.29, 0.717) is 0 Å². The molecule has 3 fully saturated rings. The van der Waals surface area contributed by atoms with Gasteiger partial charge in [-0.05, 0) is 29.7 Å². The first kappa shape index (κ1) is 29.9. The average Bonchev–Trinajstić information content (AvgIpc) is 3.57. The highest BCUT2D eigenvalue weighted by molar-refractivity contribution is 8.07. The Hall–Kier alpha value is -2.13. The van der Waals surface area contributed by atoms with Gasteiger partial charge in [-0.2, -0.15) is 4.98 Å². The Morgan fingerprint density at radius 3 is 2.07 bits per heavy atom. The number of rotatable bonds is 2. The van der Waals surface area contributed by atoms with Crippen molar-refractivity contribution in [1.29, 1.82) is 0 Å². The molecule has 0 aliphatic carbocycles. The van der Waals surface area contributed by atoms with Gasteiger partial charge in [0.05, 0.1) is 19.5 Å². The van der Waals surface area contributed by atoms with E-state index < -0.39 is 81.6 Å². The molecular formula is C19H22F2N8O9P2S2. The molecule has 3 saturated heterocycles. The fraction of sp³-hybridized carbons (Fsp3) is 0.526. The summed E-state index contributed by atoms with van der Waals surface area (Å²) >= 11 is 10.2. The first-order valence-electron chi connectivity index (χ1n) is 12.0. The molecule has 0 aromatic carbocycles. The zero-order valence-electron chi connectivity index (χ0n) is 20.9. The van der Waals surface area contributed by atoms with Gasteiger partial charge < -0.3 is 39.8 Å². The number of halogens is 2. The number of alkyl halides is 2. The van der Waals surface area contributed by atoms with Crippen LogP contribution in [0.4, 0.5) is 20.4 Å². The van der Waals surface area contributed by atoms with Crippen LogP contribution in [0.25, 0.3) is 11.2 Å². The first-order valence-corrected chi connectivity index (χ1v) is 17.2. The molecule has 0 amide bonds. The summed E-state index contributed by atoms with van der Waals surface area (Å²) in [5, 5.41) is 0. The van der Waals surface area contributed by atoms with E-state index in [-0.39, 0.29) is 22.8 Å². The summed E-state index contributed by atoms with van der Waals surface area (Å²) in [6, 6.07) is 1.24. The number of imidazole rings is 1. The van der Waals surface area contributed by atoms with E-state index in [9.17, 15) is 14.6 Å². The second kappa shape index (κ2) is 11.1. The summed E-state index contributed by atoms with van der Waals surface area (Å²) in [7, 11) is 0. The fourth-order valence-corrected chi connectivity index (χ4v) is 7.61. The lowest BCUT2D eigenvalue weighted by Gasteiger charge is -2.29. The molecule has 2 unspecified atom stereocenters. The molecule has 0 spiro atoms. The maximum atomic E-state index is 15.9. The van der Waals surface area contributed by atoms with Crippen LogP contribution in [0.15, 0.2) is 29.7 Å². The molecular weight excluding hydrogens is 648 g/mol. The highest BCUT2D eigenvalue weighted by Crippen LogP contribution is 2.54. The van der Waals surface area contributed by atoms with Gasteiger partial charge in [0.2, 0.25) is 0 Å². The maximum Gasteiger partial charge on any atom is 0.351 e. The van der Waals surface area contributed by atoms with E-state index in [4.69, 9.17) is 62.6 Å². The predicted octanol–water partition coefficient (Wildman–Crippen LogP) is -0.0306. The predicted molar refractivity (Wildman–Crippen MR) is 145 cm³/mol. The van der Waals surface area contributed by atoms with Gasteiger partial charge in [0.15, 0.2) is 36.3 Å². The highest BCUT2D eigenvalue weighted by atomic mass is 32.5. The van der Waals surface area contributed by atoms with Crippen LogP contribution in [0.3, 0.4) is 0 Å². The van der Waals surface area contributed by atoms with Crippen molar-refractivity contribution in [3.05, 3.63) is 35.4 Å². The molecule has 42 heavy (non-hydrogen) atoms. The average molecular weight is 671 g/mol. The lowest BCUT2D eigenvalue weighted by molar-refractivity contribution is -0.0595. The van der Waals surface area contributed by atoms with Crippen LogP contribution < -0.4 is 17.2 Å². The van der Waals surface area contributed by atoms with E-state index in [0.717, 1.165) is 17.1 Å². The lowest BCUT2D eigenvalue weighted by atomic mass is 10.1. The molecule has 3 aromatic rings. The number of fused-ring (bicyclic) bond motifs is 3. The van der Waals surface area contributed by atoms with E-state index in [2.05, 4.69) is 19.9 Å². The van der Waals surface area contributed by atoms with E-state index in [1.807, 2.05) is 0 Å². The van der Waals surface area contributed by atoms with Crippen molar-refractivity contribution in [1.82, 2.24) is 29.1 Å². The lowest BCUT2D eigenvalue weighted by Crippen LogP contribution is -2.37. The molecule has 3 aliphatic heterocycles. The molecule has 10 atom stereocenters. The quantitative estimate of drug-likeness (QED) is 0.263. The molecule has 0 bridgehead atoms. The Morgan fingerprint density at radius 1 is 0.929 bits per heavy atom. The van der Waals surface area contributed by atoms with Crippen molar-refractivity contribution in [3.63, 3.8) is 0 Å². The number of anilines is 2. The Balaban J connectivity index is 1.28. The van der Waals surface area contributed by atoms with Crippen LogP contribution in [0.5, 0.6) is 0 Å². The molecule has 3 aromatic heterocycles. The largest absolute Gasteiger partial charge is 0.383 e. The number of nitrogen functional groups attached to an aromatic ring is 2. The molecule has 0 saturated carbocycles. The normalized spacial score (nSPS) is 39.3. The second-order valence-corrected chi connectivity index (χ2v) is 14.9. The Morgan fingerprint density at radius 2 is 1.50 bits per heavy atom. The van der Waals surface area contributed by atoms with Crippen LogP contribution >= 0.6 is 13.4 Å². The van der Waals surface area contributed by atoms with Gasteiger partial charge in [-0.25, -0.2) is 28.5 Å². The number of hydrogen-bond acceptors (Lipinski definition) is 15. The minimum absolute atomic E-state index is 0.0503. The smallest absolute Gasteiger partial charge is 0.351 e. The van der Waals surface area contributed by atoms with Crippen LogP contribution in [0, 0.1) is 0 Å². The van der Waals surface area contributed by atoms with Gasteiger partial charge in [-0.1, -0.05) is 0 Å². The zero-order chi connectivity index (χ0) is 30.0. The molecule has 0 radical (unpaired) electrons. The number of nitrogens with two attached hydrogens (primary N) is 2. The molecule has 3 aliphatic rings. The molecule has 6 N–H and O–H groups in total. The second-order valence-electron chi connectivity index (χ2n) is 9.31. The minimum Gasteiger partial charge on any atom is -0.383 e. The fourth-order valence-electron chi connectivity index (χ4n) is 4.74. The molecule has 17 nitrogen and oxygen atoms in total. The van der Waals surface area contributed by atoms with Gasteiger partial charge in [-0.15, -0.1) is 0 Å². The standard InChI is InChI=1S/C19H22F2N8O9P2S2/c20-10-13-7(35-17(10)28-2-1-9(22)27-19(28)30)3-33-40(32,42)38-14-8(4-34-39(31,41)37-13)36-18(11(14)21)29-6-26-12-15(23)24-5-25-16(12)29/h1-2,5-8,10-11,13-14,17-18H,3-4H2,(H,31,41)(H,32,42)(H2,22,27,30)(H2,23,24,25)/t7-,8-,10-,11-,13-,14-,17-,18-,39?,40?/m1/s1. The molecule has 6 rings (SSSR count). The third-order valence-electron chi connectivity index (χ3n) is 6.63. The van der Waals surface area contributed by atoms with E-state index in [1.165, 1.54) is 17.0 Å². The van der Waals surface area contributed by atoms with Gasteiger partial charge in [0, 0.05) is 6.20 Å². The monoisotopic (exact) mass is 670 g/mol. The molecule has 228 valence electrons. The summed E-state index contributed by atoms with van der Waals surface area (Å²) in [6.45, 7) is -9.83. The van der Waals surface area contributed by atoms with Crippen molar-refractivity contribution in [3.8, 4) is 0 Å². The van der Waals surface area contributed by atoms with Crippen molar-refractivity contribution in [2.24, 2.45) is 0 Å². The van der Waals surface area contributed by atoms with Gasteiger partial charge in [0.25, 0.3) is 0 Å². The summed E-state index contributed by atoms with van der Waals surface area (Å²) in [5.41, 5.74) is 10.7. The number of ether oxygens (including phenoxy) is 2. The third-order valence-corrected chi connectivity index (χ3v) is 9.75. The van der Waals surface area contributed by atoms with Gasteiger partial charge in [0.1, 0.15) is 42.1 Å². The van der Waals surface area contributed by atoms with E-state index in [1.54, 1.807) is 0 Å². The Bertz CT molecular complexity index is 1670. The first-order chi connectivity index (χ1) is 19.8. The minimum atomic E-state index is -4.27. The maximum absolute atomic E-state index is 15.9. The summed E-state index contributed by atoms with van der Waals surface area (Å²) in [6.07, 6.45) is -9.60. The number of nitrogens with zero attached hydrogens (tertiary/aromatic N) is 6. The van der Waals surface area contributed by atoms with Crippen molar-refractivity contribution in [2.45, 2.75) is 49.2 Å². The summed E-state index contributed by atoms with van der Waals surface area (Å²) in [5.74, 6) is -0.0535. The van der Waals surface area contributed by atoms with E-state index >= 15 is 8.78 Å². The van der Waals surface area contributed by atoms with Crippen molar-refractivity contribution in [2.75, 3.05) is 24.7 Å². The van der Waals surface area contributed by atoms with Gasteiger partial charge >= 0.3 is 19.1 Å². The number of aromatic nitrogens is 6. The Labute approximate surface area is 244 Å². The third kappa shape index (κ3) is 5.60. The van der Waals surface area contributed by atoms with Crippen LogP contribution in [-0.4, -0.2) is 88.8 Å². The topological polar surface area (TPSA) is 226 Å². The zero-order valence-corrected chi connectivity index (χ0v) is 24.3. The number of hydrogen-bond donors (Lipinski definition) is 4. The SMILES string of the molecule is Nc1ccn([C@@H]2O[C@@H]3COP(O)(=S)O[C@H]4[C@@H](F)[C@H](n5cnc6c(N)ncnc65)O[C@@H]4COP(O)(=S)O[C@H]3[C@H]2F)c(=O)n1. The Kier molecular flexibility index (Phi) is 7.91. The molecule has 23 heteroatoms. The molecule has 6 heterocycles. The van der Waals surface area contributed by atoms with Crippen LogP contribution in [0.2, 0.25) is 0 Å². The van der Waals surface area contributed by atoms with Gasteiger partial charge in [-0.3, -0.25) is 18.2 Å². The summed E-state index contributed by atoms with van der Waals surface area (Å²) < 4.78 is 66.8. The van der Waals surface area contributed by atoms with Crippen LogP contribution in [-0.2, 0) is 51.2 Å². The van der Waals surface area contributed by atoms with Crippen molar-refractivity contribution < 1.29 is 46.1 Å².